The van der Waals surface area contributed by atoms with Crippen LogP contribution in [-0.2, 0) is 16.0 Å². The van der Waals surface area contributed by atoms with Gasteiger partial charge in [0, 0.05) is 13.1 Å². The smallest absolute Gasteiger partial charge is 0.224 e. The van der Waals surface area contributed by atoms with Gasteiger partial charge in [-0.1, -0.05) is 30.3 Å². The molecule has 3 heteroatoms. The first kappa shape index (κ1) is 12.1. The monoisotopic (exact) mass is 233 g/mol. The minimum absolute atomic E-state index is 0.232. The van der Waals surface area contributed by atoms with Crippen molar-refractivity contribution in [2.45, 2.75) is 19.3 Å². The van der Waals surface area contributed by atoms with Crippen LogP contribution in [0.5, 0.6) is 0 Å². The summed E-state index contributed by atoms with van der Waals surface area (Å²) in [6, 6.07) is 10.3. The van der Waals surface area contributed by atoms with Crippen molar-refractivity contribution in [1.82, 2.24) is 4.90 Å². The van der Waals surface area contributed by atoms with E-state index in [4.69, 9.17) is 4.74 Å². The summed E-state index contributed by atoms with van der Waals surface area (Å²) >= 11 is 0. The minimum Gasteiger partial charge on any atom is -0.381 e. The molecule has 17 heavy (non-hydrogen) atoms. The summed E-state index contributed by atoms with van der Waals surface area (Å²) in [5.41, 5.74) is 1.28. The summed E-state index contributed by atoms with van der Waals surface area (Å²) in [7, 11) is 0. The lowest BCUT2D eigenvalue weighted by atomic mass is 10.2. The molecular formula is C14H19NO2. The summed E-state index contributed by atoms with van der Waals surface area (Å²) in [6.45, 7) is 3.10. The molecule has 0 spiro atoms. The normalized spacial score (nSPS) is 14.5. The lowest BCUT2D eigenvalue weighted by molar-refractivity contribution is -0.135. The van der Waals surface area contributed by atoms with Gasteiger partial charge >= 0.3 is 0 Å². The van der Waals surface area contributed by atoms with Crippen molar-refractivity contribution in [3.05, 3.63) is 35.9 Å². The van der Waals surface area contributed by atoms with Crippen molar-refractivity contribution in [3.63, 3.8) is 0 Å². The van der Waals surface area contributed by atoms with Crippen molar-refractivity contribution in [2.24, 2.45) is 0 Å². The molecular weight excluding hydrogens is 214 g/mol. The van der Waals surface area contributed by atoms with Gasteiger partial charge in [-0.05, 0) is 18.4 Å². The Morgan fingerprint density at radius 1 is 1.18 bits per heavy atom. The Morgan fingerprint density at radius 2 is 1.94 bits per heavy atom. The molecule has 0 radical (unpaired) electrons. The van der Waals surface area contributed by atoms with E-state index in [2.05, 4.69) is 12.1 Å². The Bertz CT molecular complexity index is 346. The minimum atomic E-state index is 0.232. The Labute approximate surface area is 102 Å². The lowest BCUT2D eigenvalue weighted by Gasteiger charge is -2.30. The summed E-state index contributed by atoms with van der Waals surface area (Å²) in [5, 5.41) is 0. The summed E-state index contributed by atoms with van der Waals surface area (Å²) < 4.78 is 5.48. The second-order valence-corrected chi connectivity index (χ2v) is 4.33. The molecule has 1 amide bonds. The maximum atomic E-state index is 11.5. The fourth-order valence-corrected chi connectivity index (χ4v) is 1.82. The van der Waals surface area contributed by atoms with Crippen molar-refractivity contribution < 1.29 is 9.53 Å². The molecule has 0 atom stereocenters. The molecule has 0 aromatic heterocycles. The molecule has 0 bridgehead atoms. The van der Waals surface area contributed by atoms with E-state index in [0.29, 0.717) is 19.6 Å². The quantitative estimate of drug-likeness (QED) is 0.702. The average molecular weight is 233 g/mol. The molecule has 92 valence electrons. The van der Waals surface area contributed by atoms with Gasteiger partial charge in [0.15, 0.2) is 0 Å². The van der Waals surface area contributed by atoms with Crippen LogP contribution in [0, 0.1) is 0 Å². The van der Waals surface area contributed by atoms with E-state index in [0.717, 1.165) is 25.9 Å². The van der Waals surface area contributed by atoms with E-state index < -0.39 is 0 Å². The predicted molar refractivity (Wildman–Crippen MR) is 66.8 cm³/mol. The number of rotatable bonds is 6. The zero-order valence-corrected chi connectivity index (χ0v) is 10.1. The zero-order chi connectivity index (χ0) is 11.9. The molecule has 3 nitrogen and oxygen atoms in total. The summed E-state index contributed by atoms with van der Waals surface area (Å²) in [5.74, 6) is 0.232. The standard InChI is InChI=1S/C14H19NO2/c16-14(15-9-4-10-15)8-12-17-11-7-13-5-2-1-3-6-13/h1-3,5-6H,4,7-12H2. The van der Waals surface area contributed by atoms with E-state index in [1.165, 1.54) is 5.56 Å². The Balaban J connectivity index is 1.53. The van der Waals surface area contributed by atoms with E-state index in [9.17, 15) is 4.79 Å². The van der Waals surface area contributed by atoms with Crippen LogP contribution in [0.25, 0.3) is 0 Å². The van der Waals surface area contributed by atoms with Crippen LogP contribution in [0.4, 0.5) is 0 Å². The number of likely N-dealkylation sites (tertiary alicyclic amines) is 1. The molecule has 1 saturated heterocycles. The van der Waals surface area contributed by atoms with Crippen LogP contribution in [0.15, 0.2) is 30.3 Å². The number of hydrogen-bond acceptors (Lipinski definition) is 2. The first-order chi connectivity index (χ1) is 8.36. The molecule has 1 aromatic carbocycles. The average Bonchev–Trinajstić information content (AvgIpc) is 2.27. The number of amides is 1. The van der Waals surface area contributed by atoms with Gasteiger partial charge in [-0.2, -0.15) is 0 Å². The zero-order valence-electron chi connectivity index (χ0n) is 10.1. The highest BCUT2D eigenvalue weighted by molar-refractivity contribution is 5.76. The highest BCUT2D eigenvalue weighted by atomic mass is 16.5. The maximum absolute atomic E-state index is 11.5. The Kier molecular flexibility index (Phi) is 4.56. The molecule has 0 N–H and O–H groups in total. The van der Waals surface area contributed by atoms with Crippen LogP contribution in [-0.4, -0.2) is 37.1 Å². The van der Waals surface area contributed by atoms with E-state index in [1.807, 2.05) is 23.1 Å². The maximum Gasteiger partial charge on any atom is 0.224 e. The summed E-state index contributed by atoms with van der Waals surface area (Å²) in [4.78, 5) is 13.4. The van der Waals surface area contributed by atoms with E-state index in [-0.39, 0.29) is 5.91 Å². The highest BCUT2D eigenvalue weighted by Crippen LogP contribution is 2.07. The van der Waals surface area contributed by atoms with Crippen molar-refractivity contribution in [2.75, 3.05) is 26.3 Å². The number of hydrogen-bond donors (Lipinski definition) is 0. The van der Waals surface area contributed by atoms with Crippen LogP contribution in [0.2, 0.25) is 0 Å². The molecule has 0 aliphatic carbocycles. The topological polar surface area (TPSA) is 29.5 Å². The number of nitrogens with zero attached hydrogens (tertiary/aromatic N) is 1. The second kappa shape index (κ2) is 6.40. The summed E-state index contributed by atoms with van der Waals surface area (Å²) in [6.07, 6.45) is 2.59. The van der Waals surface area contributed by atoms with Crippen molar-refractivity contribution >= 4 is 5.91 Å². The second-order valence-electron chi connectivity index (χ2n) is 4.33. The van der Waals surface area contributed by atoms with Gasteiger partial charge in [-0.3, -0.25) is 4.79 Å². The van der Waals surface area contributed by atoms with Crippen LogP contribution in [0.3, 0.4) is 0 Å². The molecule has 1 aliphatic heterocycles. The number of carbonyl (C=O) groups excluding carboxylic acids is 1. The molecule has 1 aromatic rings. The first-order valence-electron chi connectivity index (χ1n) is 6.26. The largest absolute Gasteiger partial charge is 0.381 e. The third-order valence-corrected chi connectivity index (χ3v) is 3.05. The van der Waals surface area contributed by atoms with Gasteiger partial charge < -0.3 is 9.64 Å². The van der Waals surface area contributed by atoms with Crippen LogP contribution in [0.1, 0.15) is 18.4 Å². The van der Waals surface area contributed by atoms with Crippen LogP contribution < -0.4 is 0 Å². The van der Waals surface area contributed by atoms with Gasteiger partial charge in [0.25, 0.3) is 0 Å². The predicted octanol–water partition coefficient (Wildman–Crippen LogP) is 1.87. The Hall–Kier alpha value is -1.35. The van der Waals surface area contributed by atoms with E-state index in [1.54, 1.807) is 0 Å². The van der Waals surface area contributed by atoms with Crippen molar-refractivity contribution in [1.29, 1.82) is 0 Å². The SMILES string of the molecule is O=C(CCOCCc1ccccc1)N1CCC1. The molecule has 0 unspecified atom stereocenters. The number of carbonyl (C=O) groups is 1. The van der Waals surface area contributed by atoms with Gasteiger partial charge in [0.05, 0.1) is 19.6 Å². The highest BCUT2D eigenvalue weighted by Gasteiger charge is 2.19. The van der Waals surface area contributed by atoms with Gasteiger partial charge in [0.1, 0.15) is 0 Å². The fraction of sp³-hybridized carbons (Fsp3) is 0.500. The molecule has 2 rings (SSSR count). The number of ether oxygens (including phenoxy) is 1. The van der Waals surface area contributed by atoms with Gasteiger partial charge in [0.2, 0.25) is 5.91 Å². The van der Waals surface area contributed by atoms with Gasteiger partial charge in [-0.15, -0.1) is 0 Å². The lowest BCUT2D eigenvalue weighted by Crippen LogP contribution is -2.42. The molecule has 0 saturated carbocycles. The fourth-order valence-electron chi connectivity index (χ4n) is 1.82. The molecule has 1 aliphatic rings. The molecule has 1 fully saturated rings. The number of benzene rings is 1. The van der Waals surface area contributed by atoms with Crippen molar-refractivity contribution in [3.8, 4) is 0 Å². The first-order valence-corrected chi connectivity index (χ1v) is 6.26. The van der Waals surface area contributed by atoms with Crippen LogP contribution >= 0.6 is 0 Å². The molecule has 1 heterocycles. The third-order valence-electron chi connectivity index (χ3n) is 3.05. The van der Waals surface area contributed by atoms with Gasteiger partial charge in [-0.25, -0.2) is 0 Å². The Morgan fingerprint density at radius 3 is 2.59 bits per heavy atom. The third kappa shape index (κ3) is 3.86. The van der Waals surface area contributed by atoms with E-state index >= 15 is 0 Å².